The van der Waals surface area contributed by atoms with E-state index in [4.69, 9.17) is 4.74 Å². The van der Waals surface area contributed by atoms with Gasteiger partial charge in [-0.3, -0.25) is 0 Å². The van der Waals surface area contributed by atoms with Gasteiger partial charge >= 0.3 is 6.09 Å². The van der Waals surface area contributed by atoms with E-state index in [9.17, 15) is 9.90 Å². The smallest absolute Gasteiger partial charge is 0.410 e. The second kappa shape index (κ2) is 6.57. The number of hydrogen-bond donors (Lipinski definition) is 1. The highest BCUT2D eigenvalue weighted by atomic mass is 16.6. The predicted octanol–water partition coefficient (Wildman–Crippen LogP) is 2.56. The summed E-state index contributed by atoms with van der Waals surface area (Å²) in [6.45, 7) is 2.79. The van der Waals surface area contributed by atoms with E-state index in [1.54, 1.807) is 11.8 Å². The predicted molar refractivity (Wildman–Crippen MR) is 72.7 cm³/mol. The molecule has 0 saturated carbocycles. The summed E-state index contributed by atoms with van der Waals surface area (Å²) in [4.78, 5) is 13.8. The number of hydrogen-bond acceptors (Lipinski definition) is 3. The van der Waals surface area contributed by atoms with E-state index in [-0.39, 0.29) is 18.2 Å². The maximum Gasteiger partial charge on any atom is 0.410 e. The molecule has 1 N–H and O–H groups in total. The van der Waals surface area contributed by atoms with Gasteiger partial charge in [0.1, 0.15) is 6.61 Å². The Kier molecular flexibility index (Phi) is 4.80. The first kappa shape index (κ1) is 13.9. The van der Waals surface area contributed by atoms with Crippen molar-refractivity contribution in [1.29, 1.82) is 0 Å². The van der Waals surface area contributed by atoms with Crippen molar-refractivity contribution in [3.8, 4) is 0 Å². The molecule has 104 valence electrons. The third-order valence-corrected chi connectivity index (χ3v) is 3.43. The van der Waals surface area contributed by atoms with Gasteiger partial charge in [-0.05, 0) is 31.7 Å². The number of rotatable bonds is 4. The molecule has 19 heavy (non-hydrogen) atoms. The molecule has 1 aromatic rings. The number of aliphatic hydroxyl groups excluding tert-OH is 1. The Morgan fingerprint density at radius 1 is 1.47 bits per heavy atom. The van der Waals surface area contributed by atoms with Gasteiger partial charge in [-0.1, -0.05) is 30.3 Å². The van der Waals surface area contributed by atoms with Gasteiger partial charge in [-0.25, -0.2) is 4.79 Å². The van der Waals surface area contributed by atoms with Crippen molar-refractivity contribution >= 4 is 6.09 Å². The second-order valence-electron chi connectivity index (χ2n) is 5.11. The van der Waals surface area contributed by atoms with Crippen LogP contribution in [0.15, 0.2) is 30.3 Å². The molecular formula is C15H21NO3. The quantitative estimate of drug-likeness (QED) is 0.908. The third kappa shape index (κ3) is 3.96. The number of likely N-dealkylation sites (tertiary alicyclic amines) is 1. The van der Waals surface area contributed by atoms with Crippen LogP contribution >= 0.6 is 0 Å². The van der Waals surface area contributed by atoms with Crippen molar-refractivity contribution in [2.45, 2.75) is 44.9 Å². The maximum absolute atomic E-state index is 12.0. The van der Waals surface area contributed by atoms with Crippen molar-refractivity contribution in [1.82, 2.24) is 4.90 Å². The number of aliphatic hydroxyl groups is 1. The molecule has 1 fully saturated rings. The maximum atomic E-state index is 12.0. The highest BCUT2D eigenvalue weighted by molar-refractivity contribution is 5.68. The minimum Gasteiger partial charge on any atom is -0.445 e. The minimum absolute atomic E-state index is 0.114. The summed E-state index contributed by atoms with van der Waals surface area (Å²) in [5, 5.41) is 9.44. The van der Waals surface area contributed by atoms with Gasteiger partial charge in [0, 0.05) is 12.6 Å². The SMILES string of the molecule is CC(O)CC1CCCN1C(=O)OCc1ccccc1. The van der Waals surface area contributed by atoms with Crippen molar-refractivity contribution in [3.05, 3.63) is 35.9 Å². The molecule has 1 heterocycles. The Balaban J connectivity index is 1.85. The standard InChI is InChI=1S/C15H21NO3/c1-12(17)10-14-8-5-9-16(14)15(18)19-11-13-6-3-2-4-7-13/h2-4,6-7,12,14,17H,5,8-11H2,1H3. The zero-order valence-corrected chi connectivity index (χ0v) is 11.3. The number of benzene rings is 1. The second-order valence-corrected chi connectivity index (χ2v) is 5.11. The highest BCUT2D eigenvalue weighted by Crippen LogP contribution is 2.22. The van der Waals surface area contributed by atoms with Gasteiger partial charge in [0.25, 0.3) is 0 Å². The Morgan fingerprint density at radius 2 is 2.21 bits per heavy atom. The molecule has 0 aliphatic carbocycles. The summed E-state index contributed by atoms with van der Waals surface area (Å²) < 4.78 is 5.33. The van der Waals surface area contributed by atoms with Gasteiger partial charge < -0.3 is 14.7 Å². The number of nitrogens with zero attached hydrogens (tertiary/aromatic N) is 1. The van der Waals surface area contributed by atoms with Crippen LogP contribution in [0.5, 0.6) is 0 Å². The van der Waals surface area contributed by atoms with E-state index in [1.807, 2.05) is 30.3 Å². The van der Waals surface area contributed by atoms with E-state index >= 15 is 0 Å². The van der Waals surface area contributed by atoms with Gasteiger partial charge in [0.05, 0.1) is 6.10 Å². The summed E-state index contributed by atoms with van der Waals surface area (Å²) in [6, 6.07) is 9.77. The Morgan fingerprint density at radius 3 is 2.89 bits per heavy atom. The lowest BCUT2D eigenvalue weighted by Gasteiger charge is -2.24. The fraction of sp³-hybridized carbons (Fsp3) is 0.533. The first-order valence-corrected chi connectivity index (χ1v) is 6.82. The van der Waals surface area contributed by atoms with Crippen molar-refractivity contribution in [2.75, 3.05) is 6.54 Å². The highest BCUT2D eigenvalue weighted by Gasteiger charge is 2.30. The van der Waals surface area contributed by atoms with Gasteiger partial charge in [0.15, 0.2) is 0 Å². The van der Waals surface area contributed by atoms with Crippen LogP contribution < -0.4 is 0 Å². The van der Waals surface area contributed by atoms with E-state index in [0.29, 0.717) is 13.0 Å². The molecule has 4 nitrogen and oxygen atoms in total. The fourth-order valence-corrected chi connectivity index (χ4v) is 2.52. The lowest BCUT2D eigenvalue weighted by molar-refractivity contribution is 0.0795. The zero-order chi connectivity index (χ0) is 13.7. The lowest BCUT2D eigenvalue weighted by atomic mass is 10.1. The Labute approximate surface area is 114 Å². The Hall–Kier alpha value is -1.55. The third-order valence-electron chi connectivity index (χ3n) is 3.43. The van der Waals surface area contributed by atoms with Crippen LogP contribution in [-0.2, 0) is 11.3 Å². The number of ether oxygens (including phenoxy) is 1. The van der Waals surface area contributed by atoms with Crippen LogP contribution in [-0.4, -0.2) is 34.8 Å². The summed E-state index contributed by atoms with van der Waals surface area (Å²) in [7, 11) is 0. The number of carbonyl (C=O) groups is 1. The molecule has 2 atom stereocenters. The van der Waals surface area contributed by atoms with E-state index in [1.165, 1.54) is 0 Å². The average molecular weight is 263 g/mol. The fourth-order valence-electron chi connectivity index (χ4n) is 2.52. The molecule has 2 unspecified atom stereocenters. The largest absolute Gasteiger partial charge is 0.445 e. The van der Waals surface area contributed by atoms with Crippen molar-refractivity contribution in [3.63, 3.8) is 0 Å². The van der Waals surface area contributed by atoms with Crippen LogP contribution in [0.25, 0.3) is 0 Å². The van der Waals surface area contributed by atoms with E-state index < -0.39 is 0 Å². The molecule has 0 aromatic heterocycles. The zero-order valence-electron chi connectivity index (χ0n) is 11.3. The van der Waals surface area contributed by atoms with Crippen LogP contribution in [0.3, 0.4) is 0 Å². The molecule has 1 saturated heterocycles. The first-order valence-electron chi connectivity index (χ1n) is 6.82. The lowest BCUT2D eigenvalue weighted by Crippen LogP contribution is -2.37. The van der Waals surface area contributed by atoms with E-state index in [2.05, 4.69) is 0 Å². The van der Waals surface area contributed by atoms with Crippen molar-refractivity contribution in [2.24, 2.45) is 0 Å². The summed E-state index contributed by atoms with van der Waals surface area (Å²) >= 11 is 0. The number of amides is 1. The minimum atomic E-state index is -0.382. The molecule has 1 aliphatic rings. The van der Waals surface area contributed by atoms with Crippen LogP contribution in [0, 0.1) is 0 Å². The molecule has 0 spiro atoms. The van der Waals surface area contributed by atoms with Gasteiger partial charge in [0.2, 0.25) is 0 Å². The summed E-state index contributed by atoms with van der Waals surface area (Å²) in [6.07, 6.45) is 1.91. The summed E-state index contributed by atoms with van der Waals surface area (Å²) in [5.41, 5.74) is 0.988. The van der Waals surface area contributed by atoms with Gasteiger partial charge in [-0.2, -0.15) is 0 Å². The Bertz CT molecular complexity index is 405. The molecule has 0 bridgehead atoms. The molecule has 4 heteroatoms. The molecule has 1 amide bonds. The molecule has 1 aliphatic heterocycles. The first-order chi connectivity index (χ1) is 9.16. The number of carbonyl (C=O) groups excluding carboxylic acids is 1. The average Bonchev–Trinajstić information content (AvgIpc) is 2.84. The molecule has 1 aromatic carbocycles. The topological polar surface area (TPSA) is 49.8 Å². The van der Waals surface area contributed by atoms with Crippen LogP contribution in [0.1, 0.15) is 31.7 Å². The molecular weight excluding hydrogens is 242 g/mol. The van der Waals surface area contributed by atoms with E-state index in [0.717, 1.165) is 24.9 Å². The molecule has 0 radical (unpaired) electrons. The van der Waals surface area contributed by atoms with Crippen molar-refractivity contribution < 1.29 is 14.6 Å². The summed E-state index contributed by atoms with van der Waals surface area (Å²) in [5.74, 6) is 0. The normalized spacial score (nSPS) is 20.3. The van der Waals surface area contributed by atoms with Gasteiger partial charge in [-0.15, -0.1) is 0 Å². The van der Waals surface area contributed by atoms with Crippen LogP contribution in [0.4, 0.5) is 4.79 Å². The molecule has 2 rings (SSSR count). The van der Waals surface area contributed by atoms with Crippen LogP contribution in [0.2, 0.25) is 0 Å². The monoisotopic (exact) mass is 263 g/mol.